The van der Waals surface area contributed by atoms with Crippen molar-refractivity contribution in [2.24, 2.45) is 0 Å². The summed E-state index contributed by atoms with van der Waals surface area (Å²) in [6, 6.07) is 7.70. The van der Waals surface area contributed by atoms with Crippen molar-refractivity contribution in [2.45, 2.75) is 13.8 Å². The number of amides is 4. The lowest BCUT2D eigenvalue weighted by Gasteiger charge is -2.27. The number of anilines is 1. The first-order valence-corrected chi connectivity index (χ1v) is 10.5. The molecule has 7 nitrogen and oxygen atoms in total. The number of halogens is 2. The average Bonchev–Trinajstić information content (AvgIpc) is 2.68. The van der Waals surface area contributed by atoms with Crippen LogP contribution in [0.2, 0.25) is 0 Å². The molecule has 9 heteroatoms. The molecule has 30 heavy (non-hydrogen) atoms. The van der Waals surface area contributed by atoms with Gasteiger partial charge in [-0.1, -0.05) is 15.9 Å². The maximum Gasteiger partial charge on any atom is 0.335 e. The van der Waals surface area contributed by atoms with Gasteiger partial charge in [-0.2, -0.15) is 0 Å². The van der Waals surface area contributed by atoms with Crippen LogP contribution in [0.15, 0.2) is 44.9 Å². The zero-order valence-electron chi connectivity index (χ0n) is 16.4. The number of aryl methyl sites for hydroxylation is 1. The van der Waals surface area contributed by atoms with Crippen LogP contribution in [0.4, 0.5) is 10.5 Å². The van der Waals surface area contributed by atoms with Crippen molar-refractivity contribution in [3.05, 3.63) is 56.0 Å². The molecule has 0 aliphatic carbocycles. The van der Waals surface area contributed by atoms with Crippen LogP contribution in [0.1, 0.15) is 18.1 Å². The van der Waals surface area contributed by atoms with Gasteiger partial charge in [0, 0.05) is 4.47 Å². The Morgan fingerprint density at radius 3 is 2.50 bits per heavy atom. The molecule has 0 saturated carbocycles. The van der Waals surface area contributed by atoms with Gasteiger partial charge in [0.15, 0.2) is 11.5 Å². The van der Waals surface area contributed by atoms with E-state index in [1.807, 2.05) is 6.92 Å². The predicted molar refractivity (Wildman–Crippen MR) is 120 cm³/mol. The molecule has 0 spiro atoms. The maximum absolute atomic E-state index is 13.1. The summed E-state index contributed by atoms with van der Waals surface area (Å²) in [4.78, 5) is 38.9. The fraction of sp³-hybridized carbons (Fsp3) is 0.190. The molecule has 0 atom stereocenters. The lowest BCUT2D eigenvalue weighted by molar-refractivity contribution is -0.122. The normalized spacial score (nSPS) is 15.4. The summed E-state index contributed by atoms with van der Waals surface area (Å²) in [6.45, 7) is 4.07. The Kier molecular flexibility index (Phi) is 6.62. The molecule has 0 radical (unpaired) electrons. The number of barbiturate groups is 1. The summed E-state index contributed by atoms with van der Waals surface area (Å²) in [6.07, 6.45) is 1.41. The Bertz CT molecular complexity index is 1080. The van der Waals surface area contributed by atoms with Crippen LogP contribution in [0.5, 0.6) is 11.5 Å². The minimum absolute atomic E-state index is 0.171. The van der Waals surface area contributed by atoms with Gasteiger partial charge < -0.3 is 9.47 Å². The highest BCUT2D eigenvalue weighted by Gasteiger charge is 2.37. The molecule has 0 unspecified atom stereocenters. The molecule has 3 rings (SSSR count). The summed E-state index contributed by atoms with van der Waals surface area (Å²) in [7, 11) is 1.50. The van der Waals surface area contributed by atoms with E-state index in [4.69, 9.17) is 9.47 Å². The molecule has 1 N–H and O–H groups in total. The van der Waals surface area contributed by atoms with Crippen molar-refractivity contribution >= 4 is 61.5 Å². The second-order valence-electron chi connectivity index (χ2n) is 6.36. The summed E-state index contributed by atoms with van der Waals surface area (Å²) >= 11 is 6.78. The van der Waals surface area contributed by atoms with E-state index in [0.29, 0.717) is 39.4 Å². The van der Waals surface area contributed by atoms with Gasteiger partial charge in [-0.3, -0.25) is 14.9 Å². The highest BCUT2D eigenvalue weighted by Crippen LogP contribution is 2.37. The number of nitrogens with one attached hydrogen (secondary N) is 1. The number of methoxy groups -OCH3 is 1. The lowest BCUT2D eigenvalue weighted by atomic mass is 10.1. The number of hydrogen-bond donors (Lipinski definition) is 1. The Morgan fingerprint density at radius 2 is 1.87 bits per heavy atom. The van der Waals surface area contributed by atoms with E-state index in [0.717, 1.165) is 9.37 Å². The molecule has 1 aliphatic rings. The van der Waals surface area contributed by atoms with Crippen LogP contribution in [0.25, 0.3) is 6.08 Å². The van der Waals surface area contributed by atoms with Crippen molar-refractivity contribution in [2.75, 3.05) is 18.6 Å². The first-order chi connectivity index (χ1) is 14.3. The molecule has 1 heterocycles. The highest BCUT2D eigenvalue weighted by atomic mass is 79.9. The lowest BCUT2D eigenvalue weighted by Crippen LogP contribution is -2.54. The van der Waals surface area contributed by atoms with E-state index in [2.05, 4.69) is 37.2 Å². The standard InChI is InChI=1S/C21H18Br2N2O5/c1-4-30-18-15(23)9-12(10-17(18)29-3)8-14-19(26)24-21(28)25(20(14)27)16-6-5-13(22)7-11(16)2/h5-10H,4H2,1-3H3,(H,24,26,28)/b14-8-. The molecule has 2 aromatic carbocycles. The molecule has 4 amide bonds. The summed E-state index contributed by atoms with van der Waals surface area (Å²) < 4.78 is 12.3. The van der Waals surface area contributed by atoms with Gasteiger partial charge >= 0.3 is 6.03 Å². The molecule has 0 aromatic heterocycles. The second-order valence-corrected chi connectivity index (χ2v) is 8.13. The quantitative estimate of drug-likeness (QED) is 0.445. The van der Waals surface area contributed by atoms with Gasteiger partial charge in [-0.25, -0.2) is 9.69 Å². The zero-order chi connectivity index (χ0) is 22.0. The number of carbonyl (C=O) groups is 3. The third-order valence-electron chi connectivity index (χ3n) is 4.35. The van der Waals surface area contributed by atoms with Gasteiger partial charge in [-0.15, -0.1) is 0 Å². The Labute approximate surface area is 190 Å². The second kappa shape index (κ2) is 9.01. The van der Waals surface area contributed by atoms with Crippen molar-refractivity contribution < 1.29 is 23.9 Å². The molecule has 1 fully saturated rings. The number of nitrogens with zero attached hydrogens (tertiary/aromatic N) is 1. The van der Waals surface area contributed by atoms with Gasteiger partial charge in [0.1, 0.15) is 5.57 Å². The summed E-state index contributed by atoms with van der Waals surface area (Å²) in [5.41, 5.74) is 1.45. The third-order valence-corrected chi connectivity index (χ3v) is 5.44. The van der Waals surface area contributed by atoms with Crippen molar-refractivity contribution in [1.29, 1.82) is 0 Å². The molecule has 156 valence electrons. The number of hydrogen-bond acceptors (Lipinski definition) is 5. The maximum atomic E-state index is 13.1. The average molecular weight is 538 g/mol. The molecule has 1 aliphatic heterocycles. The largest absolute Gasteiger partial charge is 0.493 e. The minimum atomic E-state index is -0.793. The Hall–Kier alpha value is -2.65. The number of urea groups is 1. The fourth-order valence-electron chi connectivity index (χ4n) is 3.02. The molecule has 1 saturated heterocycles. The van der Waals surface area contributed by atoms with Gasteiger partial charge in [-0.05, 0) is 77.3 Å². The van der Waals surface area contributed by atoms with Gasteiger partial charge in [0.25, 0.3) is 11.8 Å². The SMILES string of the molecule is CCOc1c(Br)cc(/C=C2/C(=O)NC(=O)N(c3ccc(Br)cc3C)C2=O)cc1OC. The smallest absolute Gasteiger partial charge is 0.335 e. The molecular formula is C21H18Br2N2O5. The van der Waals surface area contributed by atoms with E-state index in [-0.39, 0.29) is 5.57 Å². The van der Waals surface area contributed by atoms with Crippen molar-refractivity contribution in [3.8, 4) is 11.5 Å². The van der Waals surface area contributed by atoms with E-state index in [1.54, 1.807) is 37.3 Å². The van der Waals surface area contributed by atoms with Crippen LogP contribution in [0.3, 0.4) is 0 Å². The fourth-order valence-corrected chi connectivity index (χ4v) is 4.07. The zero-order valence-corrected chi connectivity index (χ0v) is 19.6. The van der Waals surface area contributed by atoms with Crippen LogP contribution >= 0.6 is 31.9 Å². The van der Waals surface area contributed by atoms with Gasteiger partial charge in [0.05, 0.1) is 23.9 Å². The van der Waals surface area contributed by atoms with Crippen molar-refractivity contribution in [1.82, 2.24) is 5.32 Å². The van der Waals surface area contributed by atoms with E-state index < -0.39 is 17.8 Å². The third kappa shape index (κ3) is 4.27. The highest BCUT2D eigenvalue weighted by molar-refractivity contribution is 9.10. The van der Waals surface area contributed by atoms with Crippen LogP contribution in [-0.2, 0) is 9.59 Å². The van der Waals surface area contributed by atoms with E-state index in [9.17, 15) is 14.4 Å². The summed E-state index contributed by atoms with van der Waals surface area (Å²) in [5.74, 6) is -0.513. The monoisotopic (exact) mass is 536 g/mol. The van der Waals surface area contributed by atoms with Crippen LogP contribution in [0, 0.1) is 6.92 Å². The molecular weight excluding hydrogens is 520 g/mol. The Balaban J connectivity index is 2.06. The molecule has 2 aromatic rings. The predicted octanol–water partition coefficient (Wildman–Crippen LogP) is 4.59. The number of carbonyl (C=O) groups excluding carboxylic acids is 3. The van der Waals surface area contributed by atoms with E-state index in [1.165, 1.54) is 13.2 Å². The van der Waals surface area contributed by atoms with Crippen LogP contribution < -0.4 is 19.7 Å². The summed E-state index contributed by atoms with van der Waals surface area (Å²) in [5, 5.41) is 2.22. The van der Waals surface area contributed by atoms with Crippen LogP contribution in [-0.4, -0.2) is 31.6 Å². The first kappa shape index (κ1) is 22.0. The first-order valence-electron chi connectivity index (χ1n) is 8.94. The molecule has 0 bridgehead atoms. The Morgan fingerprint density at radius 1 is 1.13 bits per heavy atom. The minimum Gasteiger partial charge on any atom is -0.493 e. The van der Waals surface area contributed by atoms with Gasteiger partial charge in [0.2, 0.25) is 0 Å². The van der Waals surface area contributed by atoms with Crippen molar-refractivity contribution in [3.63, 3.8) is 0 Å². The topological polar surface area (TPSA) is 84.9 Å². The number of benzene rings is 2. The number of rotatable bonds is 5. The van der Waals surface area contributed by atoms with E-state index >= 15 is 0 Å². The number of imide groups is 2. The number of ether oxygens (including phenoxy) is 2.